The van der Waals surface area contributed by atoms with Gasteiger partial charge in [-0.25, -0.2) is 0 Å². The van der Waals surface area contributed by atoms with Crippen LogP contribution in [0.15, 0.2) is 30.3 Å². The van der Waals surface area contributed by atoms with Crippen LogP contribution in [-0.2, 0) is 10.3 Å². The smallest absolute Gasteiger partial charge is 0.244 e. The number of nitrogens with one attached hydrogen (secondary N) is 1. The third-order valence-corrected chi connectivity index (χ3v) is 2.72. The van der Waals surface area contributed by atoms with Crippen LogP contribution in [0.1, 0.15) is 25.3 Å². The lowest BCUT2D eigenvalue weighted by molar-refractivity contribution is -0.126. The van der Waals surface area contributed by atoms with Gasteiger partial charge in [0.25, 0.3) is 0 Å². The fourth-order valence-electron chi connectivity index (χ4n) is 1.54. The van der Waals surface area contributed by atoms with Gasteiger partial charge in [0.2, 0.25) is 5.91 Å². The quantitative estimate of drug-likeness (QED) is 0.638. The molecule has 0 aliphatic carbocycles. The molecule has 1 aromatic carbocycles. The highest BCUT2D eigenvalue weighted by Crippen LogP contribution is 2.17. The Hall–Kier alpha value is -1.39. The van der Waals surface area contributed by atoms with Gasteiger partial charge in [0.05, 0.1) is 0 Å². The molecule has 17 heavy (non-hydrogen) atoms. The second-order valence-corrected chi connectivity index (χ2v) is 4.25. The highest BCUT2D eigenvalue weighted by molar-refractivity contribution is 5.86. The van der Waals surface area contributed by atoms with Gasteiger partial charge < -0.3 is 16.2 Å². The molecule has 0 bridgehead atoms. The number of aliphatic hydroxyl groups is 1. The zero-order chi connectivity index (χ0) is 12.7. The normalized spacial score (nSPS) is 14.1. The van der Waals surface area contributed by atoms with Crippen LogP contribution in [-0.4, -0.2) is 24.2 Å². The maximum atomic E-state index is 11.9. The molecule has 0 saturated heterocycles. The summed E-state index contributed by atoms with van der Waals surface area (Å²) in [4.78, 5) is 11.9. The molecule has 0 spiro atoms. The molecule has 0 fully saturated rings. The number of benzene rings is 1. The zero-order valence-corrected chi connectivity index (χ0v) is 10.1. The fraction of sp³-hybridized carbons (Fsp3) is 0.462. The van der Waals surface area contributed by atoms with E-state index in [0.29, 0.717) is 13.0 Å². The first kappa shape index (κ1) is 13.7. The minimum absolute atomic E-state index is 0.147. The number of carbonyl (C=O) groups is 1. The summed E-state index contributed by atoms with van der Waals surface area (Å²) in [5, 5.41) is 11.4. The van der Waals surface area contributed by atoms with Crippen LogP contribution in [0.25, 0.3) is 0 Å². The summed E-state index contributed by atoms with van der Waals surface area (Å²) in [6.07, 6.45) is 1.44. The van der Waals surface area contributed by atoms with Crippen molar-refractivity contribution in [2.45, 2.75) is 25.3 Å². The number of unbranched alkanes of at least 4 members (excludes halogenated alkanes) is 1. The molecule has 94 valence electrons. The lowest BCUT2D eigenvalue weighted by Gasteiger charge is -2.24. The average molecular weight is 236 g/mol. The monoisotopic (exact) mass is 236 g/mol. The highest BCUT2D eigenvalue weighted by atomic mass is 16.2. The van der Waals surface area contributed by atoms with Crippen molar-refractivity contribution in [1.29, 1.82) is 0 Å². The Balaban J connectivity index is 2.55. The van der Waals surface area contributed by atoms with Crippen molar-refractivity contribution in [3.63, 3.8) is 0 Å². The van der Waals surface area contributed by atoms with Gasteiger partial charge in [-0.05, 0) is 25.3 Å². The molecular weight excluding hydrogens is 216 g/mol. The summed E-state index contributed by atoms with van der Waals surface area (Å²) in [5.41, 5.74) is 5.81. The third kappa shape index (κ3) is 3.84. The molecule has 1 rings (SSSR count). The van der Waals surface area contributed by atoms with Crippen LogP contribution < -0.4 is 11.1 Å². The van der Waals surface area contributed by atoms with Crippen LogP contribution in [0, 0.1) is 0 Å². The number of amides is 1. The Morgan fingerprint density at radius 1 is 1.35 bits per heavy atom. The molecule has 4 heteroatoms. The molecule has 0 heterocycles. The number of rotatable bonds is 6. The Bertz CT molecular complexity index is 350. The van der Waals surface area contributed by atoms with E-state index >= 15 is 0 Å². The summed E-state index contributed by atoms with van der Waals surface area (Å²) >= 11 is 0. The van der Waals surface area contributed by atoms with E-state index in [1.165, 1.54) is 0 Å². The summed E-state index contributed by atoms with van der Waals surface area (Å²) in [5.74, 6) is -0.193. The molecule has 0 aromatic heterocycles. The highest BCUT2D eigenvalue weighted by Gasteiger charge is 2.29. The first-order valence-corrected chi connectivity index (χ1v) is 5.82. The van der Waals surface area contributed by atoms with Crippen LogP contribution in [0.3, 0.4) is 0 Å². The molecule has 0 radical (unpaired) electrons. The van der Waals surface area contributed by atoms with E-state index in [2.05, 4.69) is 5.32 Å². The van der Waals surface area contributed by atoms with Crippen molar-refractivity contribution in [3.8, 4) is 0 Å². The number of carbonyl (C=O) groups excluding carboxylic acids is 1. The van der Waals surface area contributed by atoms with Crippen LogP contribution in [0.2, 0.25) is 0 Å². The molecule has 0 aliphatic rings. The summed E-state index contributed by atoms with van der Waals surface area (Å²) in [7, 11) is 0. The van der Waals surface area contributed by atoms with Gasteiger partial charge in [-0.2, -0.15) is 0 Å². The Kier molecular flexibility index (Phi) is 5.12. The Morgan fingerprint density at radius 3 is 2.59 bits per heavy atom. The van der Waals surface area contributed by atoms with Gasteiger partial charge in [-0.1, -0.05) is 30.3 Å². The van der Waals surface area contributed by atoms with E-state index in [0.717, 1.165) is 12.0 Å². The van der Waals surface area contributed by atoms with Gasteiger partial charge >= 0.3 is 0 Å². The SMILES string of the molecule is CC(N)(C(=O)NCCCCO)c1ccccc1. The Labute approximate surface area is 102 Å². The van der Waals surface area contributed by atoms with Crippen molar-refractivity contribution in [2.75, 3.05) is 13.2 Å². The van der Waals surface area contributed by atoms with E-state index in [9.17, 15) is 4.79 Å². The van der Waals surface area contributed by atoms with E-state index in [4.69, 9.17) is 10.8 Å². The zero-order valence-electron chi connectivity index (χ0n) is 10.1. The molecule has 1 atom stereocenters. The van der Waals surface area contributed by atoms with Crippen molar-refractivity contribution < 1.29 is 9.90 Å². The molecule has 1 amide bonds. The van der Waals surface area contributed by atoms with Crippen molar-refractivity contribution in [2.24, 2.45) is 5.73 Å². The van der Waals surface area contributed by atoms with E-state index in [1.807, 2.05) is 30.3 Å². The van der Waals surface area contributed by atoms with Crippen molar-refractivity contribution in [1.82, 2.24) is 5.32 Å². The predicted molar refractivity (Wildman–Crippen MR) is 67.3 cm³/mol. The molecule has 4 N–H and O–H groups in total. The van der Waals surface area contributed by atoms with Crippen LogP contribution in [0.5, 0.6) is 0 Å². The number of hydrogen-bond donors (Lipinski definition) is 3. The second kappa shape index (κ2) is 6.37. The lowest BCUT2D eigenvalue weighted by atomic mass is 9.92. The molecule has 0 aliphatic heterocycles. The van der Waals surface area contributed by atoms with Gasteiger partial charge in [0.1, 0.15) is 5.54 Å². The summed E-state index contributed by atoms with van der Waals surface area (Å²) in [6.45, 7) is 2.39. The lowest BCUT2D eigenvalue weighted by Crippen LogP contribution is -2.49. The standard InChI is InChI=1S/C13H20N2O2/c1-13(14,11-7-3-2-4-8-11)12(17)15-9-5-6-10-16/h2-4,7-8,16H,5-6,9-10,14H2,1H3,(H,15,17). The summed E-state index contributed by atoms with van der Waals surface area (Å²) in [6, 6.07) is 9.29. The third-order valence-electron chi connectivity index (χ3n) is 2.72. The number of hydrogen-bond acceptors (Lipinski definition) is 3. The largest absolute Gasteiger partial charge is 0.396 e. The topological polar surface area (TPSA) is 75.4 Å². The molecule has 1 unspecified atom stereocenters. The van der Waals surface area contributed by atoms with Gasteiger partial charge in [0.15, 0.2) is 0 Å². The minimum Gasteiger partial charge on any atom is -0.396 e. The molecule has 4 nitrogen and oxygen atoms in total. The number of aliphatic hydroxyl groups excluding tert-OH is 1. The van der Waals surface area contributed by atoms with E-state index in [-0.39, 0.29) is 12.5 Å². The second-order valence-electron chi connectivity index (χ2n) is 4.25. The van der Waals surface area contributed by atoms with Gasteiger partial charge in [0, 0.05) is 13.2 Å². The van der Waals surface area contributed by atoms with E-state index < -0.39 is 5.54 Å². The van der Waals surface area contributed by atoms with Crippen LogP contribution >= 0.6 is 0 Å². The molecular formula is C13H20N2O2. The molecule has 1 aromatic rings. The van der Waals surface area contributed by atoms with Gasteiger partial charge in [-0.3, -0.25) is 4.79 Å². The predicted octanol–water partition coefficient (Wildman–Crippen LogP) is 0.749. The molecule has 0 saturated carbocycles. The maximum Gasteiger partial charge on any atom is 0.244 e. The van der Waals surface area contributed by atoms with Crippen LogP contribution in [0.4, 0.5) is 0 Å². The fourth-order valence-corrected chi connectivity index (χ4v) is 1.54. The first-order chi connectivity index (χ1) is 8.09. The van der Waals surface area contributed by atoms with Crippen molar-refractivity contribution in [3.05, 3.63) is 35.9 Å². The minimum atomic E-state index is -1.01. The summed E-state index contributed by atoms with van der Waals surface area (Å²) < 4.78 is 0. The maximum absolute atomic E-state index is 11.9. The average Bonchev–Trinajstić information content (AvgIpc) is 2.35. The van der Waals surface area contributed by atoms with Crippen molar-refractivity contribution >= 4 is 5.91 Å². The first-order valence-electron chi connectivity index (χ1n) is 5.82. The number of nitrogens with two attached hydrogens (primary N) is 1. The van der Waals surface area contributed by atoms with Gasteiger partial charge in [-0.15, -0.1) is 0 Å². The van der Waals surface area contributed by atoms with E-state index in [1.54, 1.807) is 6.92 Å². The Morgan fingerprint density at radius 2 is 2.00 bits per heavy atom.